The van der Waals surface area contributed by atoms with Crippen molar-refractivity contribution in [3.63, 3.8) is 0 Å². The summed E-state index contributed by atoms with van der Waals surface area (Å²) in [7, 11) is 1.95. The first-order chi connectivity index (χ1) is 12.9. The number of hydrogen-bond acceptors (Lipinski definition) is 3. The van der Waals surface area contributed by atoms with Crippen LogP contribution in [0.15, 0.2) is 24.3 Å². The van der Waals surface area contributed by atoms with Crippen molar-refractivity contribution in [2.75, 3.05) is 19.6 Å². The van der Waals surface area contributed by atoms with Gasteiger partial charge >= 0.3 is 0 Å². The summed E-state index contributed by atoms with van der Waals surface area (Å²) in [6, 6.07) is 8.60. The van der Waals surface area contributed by atoms with Crippen LogP contribution in [-0.4, -0.2) is 40.2 Å². The molecule has 0 spiro atoms. The Labute approximate surface area is 162 Å². The van der Waals surface area contributed by atoms with E-state index in [-0.39, 0.29) is 5.91 Å². The second kappa shape index (κ2) is 8.70. The highest BCUT2D eigenvalue weighted by Crippen LogP contribution is 2.20. The van der Waals surface area contributed by atoms with Gasteiger partial charge in [-0.05, 0) is 62.8 Å². The zero-order valence-electron chi connectivity index (χ0n) is 17.1. The first-order valence-corrected chi connectivity index (χ1v) is 9.96. The fourth-order valence-electron chi connectivity index (χ4n) is 4.02. The average Bonchev–Trinajstić information content (AvgIpc) is 3.18. The van der Waals surface area contributed by atoms with E-state index in [4.69, 9.17) is 0 Å². The number of rotatable bonds is 7. The van der Waals surface area contributed by atoms with Gasteiger partial charge in [-0.25, -0.2) is 0 Å². The van der Waals surface area contributed by atoms with Crippen molar-refractivity contribution in [2.45, 2.75) is 46.6 Å². The van der Waals surface area contributed by atoms with E-state index in [2.05, 4.69) is 53.4 Å². The molecular weight excluding hydrogens is 336 g/mol. The maximum absolute atomic E-state index is 12.3. The molecule has 1 aliphatic heterocycles. The van der Waals surface area contributed by atoms with Crippen molar-refractivity contribution in [3.05, 3.63) is 52.3 Å². The quantitative estimate of drug-likeness (QED) is 0.817. The van der Waals surface area contributed by atoms with Crippen LogP contribution in [-0.2, 0) is 24.8 Å². The highest BCUT2D eigenvalue weighted by atomic mass is 16.1. The smallest absolute Gasteiger partial charge is 0.220 e. The van der Waals surface area contributed by atoms with Gasteiger partial charge in [0.1, 0.15) is 0 Å². The molecule has 1 saturated heterocycles. The minimum atomic E-state index is 0.148. The van der Waals surface area contributed by atoms with Gasteiger partial charge < -0.3 is 5.32 Å². The van der Waals surface area contributed by atoms with E-state index in [0.717, 1.165) is 50.4 Å². The predicted octanol–water partition coefficient (Wildman–Crippen LogP) is 2.92. The van der Waals surface area contributed by atoms with Gasteiger partial charge in [0.05, 0.1) is 5.69 Å². The lowest BCUT2D eigenvalue weighted by Crippen LogP contribution is -2.31. The molecular formula is C22H32N4O. The van der Waals surface area contributed by atoms with Gasteiger partial charge in [0, 0.05) is 38.8 Å². The minimum Gasteiger partial charge on any atom is -0.356 e. The summed E-state index contributed by atoms with van der Waals surface area (Å²) in [5.74, 6) is 0.704. The van der Waals surface area contributed by atoms with E-state index in [9.17, 15) is 4.79 Å². The summed E-state index contributed by atoms with van der Waals surface area (Å²) >= 11 is 0. The molecule has 0 radical (unpaired) electrons. The molecule has 3 rings (SSSR count). The van der Waals surface area contributed by atoms with Crippen LogP contribution in [0.2, 0.25) is 0 Å². The number of aromatic nitrogens is 2. The van der Waals surface area contributed by atoms with E-state index in [1.54, 1.807) is 0 Å². The molecule has 0 saturated carbocycles. The van der Waals surface area contributed by atoms with Gasteiger partial charge in [-0.3, -0.25) is 14.4 Å². The molecule has 5 nitrogen and oxygen atoms in total. The number of hydrogen-bond donors (Lipinski definition) is 1. The molecule has 1 amide bonds. The summed E-state index contributed by atoms with van der Waals surface area (Å²) in [4.78, 5) is 14.8. The normalized spacial score (nSPS) is 17.4. The maximum Gasteiger partial charge on any atom is 0.220 e. The van der Waals surface area contributed by atoms with Crippen LogP contribution in [0.4, 0.5) is 0 Å². The van der Waals surface area contributed by atoms with Crippen LogP contribution >= 0.6 is 0 Å². The topological polar surface area (TPSA) is 50.2 Å². The van der Waals surface area contributed by atoms with Crippen LogP contribution in [0, 0.1) is 26.7 Å². The van der Waals surface area contributed by atoms with Gasteiger partial charge in [-0.2, -0.15) is 5.10 Å². The van der Waals surface area contributed by atoms with Crippen molar-refractivity contribution in [1.29, 1.82) is 0 Å². The summed E-state index contributed by atoms with van der Waals surface area (Å²) in [5, 5.41) is 7.57. The largest absolute Gasteiger partial charge is 0.356 e. The van der Waals surface area contributed by atoms with Crippen molar-refractivity contribution in [1.82, 2.24) is 20.0 Å². The fraction of sp³-hybridized carbons (Fsp3) is 0.545. The van der Waals surface area contributed by atoms with Gasteiger partial charge in [-0.1, -0.05) is 24.3 Å². The highest BCUT2D eigenvalue weighted by Gasteiger charge is 2.23. The molecule has 1 N–H and O–H groups in total. The molecule has 5 heteroatoms. The van der Waals surface area contributed by atoms with Gasteiger partial charge in [0.15, 0.2) is 0 Å². The summed E-state index contributed by atoms with van der Waals surface area (Å²) in [5.41, 5.74) is 6.16. The molecule has 0 bridgehead atoms. The van der Waals surface area contributed by atoms with Crippen LogP contribution in [0.25, 0.3) is 0 Å². The van der Waals surface area contributed by atoms with E-state index < -0.39 is 0 Å². The average molecular weight is 369 g/mol. The van der Waals surface area contributed by atoms with Crippen molar-refractivity contribution < 1.29 is 4.79 Å². The third-order valence-electron chi connectivity index (χ3n) is 5.87. The lowest BCUT2D eigenvalue weighted by atomic mass is 10.1. The molecule has 27 heavy (non-hydrogen) atoms. The molecule has 2 aromatic rings. The predicted molar refractivity (Wildman–Crippen MR) is 109 cm³/mol. The number of amides is 1. The Balaban J connectivity index is 1.40. The van der Waals surface area contributed by atoms with E-state index in [1.807, 2.05) is 18.7 Å². The van der Waals surface area contributed by atoms with Gasteiger partial charge in [-0.15, -0.1) is 0 Å². The third kappa shape index (κ3) is 4.98. The lowest BCUT2D eigenvalue weighted by Gasteiger charge is -2.17. The molecule has 0 unspecified atom stereocenters. The monoisotopic (exact) mass is 368 g/mol. The molecule has 1 aromatic heterocycles. The van der Waals surface area contributed by atoms with E-state index in [1.165, 1.54) is 16.7 Å². The number of likely N-dealkylation sites (tertiary alicyclic amines) is 1. The Morgan fingerprint density at radius 3 is 2.74 bits per heavy atom. The zero-order valence-corrected chi connectivity index (χ0v) is 17.1. The second-order valence-electron chi connectivity index (χ2n) is 7.89. The van der Waals surface area contributed by atoms with Crippen LogP contribution in [0.1, 0.15) is 40.9 Å². The Morgan fingerprint density at radius 1 is 1.26 bits per heavy atom. The van der Waals surface area contributed by atoms with Crippen molar-refractivity contribution in [3.8, 4) is 0 Å². The number of aryl methyl sites for hydroxylation is 3. The highest BCUT2D eigenvalue weighted by molar-refractivity contribution is 5.76. The third-order valence-corrected chi connectivity index (χ3v) is 5.87. The van der Waals surface area contributed by atoms with Crippen LogP contribution < -0.4 is 5.32 Å². The Bertz CT molecular complexity index is 796. The van der Waals surface area contributed by atoms with Gasteiger partial charge in [0.25, 0.3) is 0 Å². The van der Waals surface area contributed by atoms with Gasteiger partial charge in [0.2, 0.25) is 5.91 Å². The standard InChI is InChI=1S/C22H32N4O/c1-16-7-5-6-8-20(16)15-26-12-11-19(14-26)13-23-22(27)10-9-21-17(2)24-25(4)18(21)3/h5-8,19H,9-15H2,1-4H3,(H,23,27)/t19-/m0/s1. The molecule has 1 aliphatic rings. The maximum atomic E-state index is 12.3. The lowest BCUT2D eigenvalue weighted by molar-refractivity contribution is -0.121. The Hall–Kier alpha value is -2.14. The van der Waals surface area contributed by atoms with E-state index >= 15 is 0 Å². The van der Waals surface area contributed by atoms with Crippen LogP contribution in [0.5, 0.6) is 0 Å². The van der Waals surface area contributed by atoms with Crippen molar-refractivity contribution in [2.24, 2.45) is 13.0 Å². The summed E-state index contributed by atoms with van der Waals surface area (Å²) in [6.45, 7) is 10.2. The molecule has 1 fully saturated rings. The van der Waals surface area contributed by atoms with Crippen molar-refractivity contribution >= 4 is 5.91 Å². The summed E-state index contributed by atoms with van der Waals surface area (Å²) < 4.78 is 1.89. The molecule has 2 heterocycles. The number of benzene rings is 1. The van der Waals surface area contributed by atoms with E-state index in [0.29, 0.717) is 12.3 Å². The number of nitrogens with one attached hydrogen (secondary N) is 1. The number of nitrogens with zero attached hydrogens (tertiary/aromatic N) is 3. The first-order valence-electron chi connectivity index (χ1n) is 9.96. The molecule has 146 valence electrons. The fourth-order valence-corrected chi connectivity index (χ4v) is 4.02. The molecule has 1 aromatic carbocycles. The second-order valence-corrected chi connectivity index (χ2v) is 7.89. The summed E-state index contributed by atoms with van der Waals surface area (Å²) in [6.07, 6.45) is 2.46. The van der Waals surface area contributed by atoms with Crippen LogP contribution in [0.3, 0.4) is 0 Å². The molecule has 1 atom stereocenters. The Kier molecular flexibility index (Phi) is 6.32. The Morgan fingerprint density at radius 2 is 2.04 bits per heavy atom. The zero-order chi connectivity index (χ0) is 19.4. The number of carbonyl (C=O) groups excluding carboxylic acids is 1. The molecule has 0 aliphatic carbocycles. The minimum absolute atomic E-state index is 0.148. The SMILES string of the molecule is Cc1ccccc1CN1CC[C@@H](CNC(=O)CCc2c(C)nn(C)c2C)C1. The number of carbonyl (C=O) groups is 1. The first kappa shape index (κ1) is 19.6.